The average Bonchev–Trinajstić information content (AvgIpc) is 3.03. The fourth-order valence-electron chi connectivity index (χ4n) is 4.53. The number of nitrogens with zero attached hydrogens (tertiary/aromatic N) is 4. The Morgan fingerprint density at radius 1 is 1.10 bits per heavy atom. The molecule has 8 heteroatoms. The van der Waals surface area contributed by atoms with Gasteiger partial charge in [0.25, 0.3) is 5.91 Å². The normalized spacial score (nSPS) is 18.7. The Morgan fingerprint density at radius 2 is 1.79 bits per heavy atom. The van der Waals surface area contributed by atoms with E-state index in [-0.39, 0.29) is 11.8 Å². The minimum Gasteiger partial charge on any atom is -0.337 e. The van der Waals surface area contributed by atoms with Crippen LogP contribution in [0, 0.1) is 0 Å². The predicted octanol–water partition coefficient (Wildman–Crippen LogP) is 3.45. The Kier molecular flexibility index (Phi) is 5.14. The lowest BCUT2D eigenvalue weighted by molar-refractivity contribution is -0.138. The van der Waals surface area contributed by atoms with Crippen molar-refractivity contribution in [1.29, 1.82) is 0 Å². The highest BCUT2D eigenvalue weighted by molar-refractivity contribution is 5.94. The Bertz CT molecular complexity index is 913. The van der Waals surface area contributed by atoms with E-state index < -0.39 is 11.7 Å². The predicted molar refractivity (Wildman–Crippen MR) is 103 cm³/mol. The third kappa shape index (κ3) is 3.77. The van der Waals surface area contributed by atoms with E-state index >= 15 is 0 Å². The highest BCUT2D eigenvalue weighted by Gasteiger charge is 2.37. The van der Waals surface area contributed by atoms with Gasteiger partial charge >= 0.3 is 6.18 Å². The van der Waals surface area contributed by atoms with E-state index in [1.807, 2.05) is 14.1 Å². The maximum atomic E-state index is 13.3. The van der Waals surface area contributed by atoms with E-state index in [1.54, 1.807) is 21.7 Å². The van der Waals surface area contributed by atoms with Crippen LogP contribution in [0.15, 0.2) is 24.3 Å². The molecule has 0 radical (unpaired) electrons. The Balaban J connectivity index is 1.49. The lowest BCUT2D eigenvalue weighted by Crippen LogP contribution is -2.39. The summed E-state index contributed by atoms with van der Waals surface area (Å²) in [6, 6.07) is 5.78. The molecule has 0 aliphatic carbocycles. The molecule has 5 nitrogen and oxygen atoms in total. The highest BCUT2D eigenvalue weighted by Crippen LogP contribution is 2.38. The number of benzene rings is 1. The lowest BCUT2D eigenvalue weighted by Gasteiger charge is -2.33. The average molecular weight is 406 g/mol. The van der Waals surface area contributed by atoms with Crippen molar-refractivity contribution in [2.45, 2.75) is 37.9 Å². The number of hydrogen-bond acceptors (Lipinski definition) is 3. The summed E-state index contributed by atoms with van der Waals surface area (Å²) in [5.41, 5.74) is 2.36. The molecule has 1 amide bonds. The van der Waals surface area contributed by atoms with E-state index in [2.05, 4.69) is 10.00 Å². The zero-order valence-corrected chi connectivity index (χ0v) is 16.7. The van der Waals surface area contributed by atoms with Crippen LogP contribution in [-0.4, -0.2) is 52.2 Å². The van der Waals surface area contributed by atoms with Gasteiger partial charge in [-0.15, -0.1) is 0 Å². The number of aromatic nitrogens is 2. The molecular weight excluding hydrogens is 381 g/mol. The van der Waals surface area contributed by atoms with Crippen LogP contribution < -0.4 is 0 Å². The first-order valence-corrected chi connectivity index (χ1v) is 9.94. The lowest BCUT2D eigenvalue weighted by atomic mass is 9.86. The Hall–Kier alpha value is -2.35. The molecular formula is C21H25F3N4O. The van der Waals surface area contributed by atoms with Crippen LogP contribution in [0.1, 0.15) is 51.6 Å². The van der Waals surface area contributed by atoms with Crippen LogP contribution in [0.3, 0.4) is 0 Å². The minimum atomic E-state index is -4.36. The summed E-state index contributed by atoms with van der Waals surface area (Å²) in [5, 5.41) is 4.48. The van der Waals surface area contributed by atoms with Crippen LogP contribution >= 0.6 is 0 Å². The van der Waals surface area contributed by atoms with Crippen molar-refractivity contribution in [2.24, 2.45) is 7.05 Å². The fraction of sp³-hybridized carbons (Fsp3) is 0.524. The topological polar surface area (TPSA) is 41.4 Å². The SMILES string of the molecule is CN1CCc2c(C(=O)N3CCC(c4ccccc4C(F)(F)F)CC3)nn(C)c2C1. The summed E-state index contributed by atoms with van der Waals surface area (Å²) >= 11 is 0. The van der Waals surface area contributed by atoms with Crippen molar-refractivity contribution >= 4 is 5.91 Å². The van der Waals surface area contributed by atoms with Gasteiger partial charge < -0.3 is 9.80 Å². The van der Waals surface area contributed by atoms with Gasteiger partial charge in [-0.05, 0) is 43.9 Å². The van der Waals surface area contributed by atoms with Crippen LogP contribution in [-0.2, 0) is 26.2 Å². The van der Waals surface area contributed by atoms with E-state index in [0.717, 1.165) is 36.8 Å². The van der Waals surface area contributed by atoms with Gasteiger partial charge in [-0.1, -0.05) is 18.2 Å². The highest BCUT2D eigenvalue weighted by atomic mass is 19.4. The van der Waals surface area contributed by atoms with Crippen LogP contribution in [0.2, 0.25) is 0 Å². The standard InChI is InChI=1S/C21H25F3N4O/c1-26-10-9-16-18(13-26)27(2)25-19(16)20(29)28-11-7-14(8-12-28)15-5-3-4-6-17(15)21(22,23)24/h3-6,14H,7-13H2,1-2H3. The van der Waals surface area contributed by atoms with Crippen molar-refractivity contribution in [3.05, 3.63) is 52.3 Å². The number of hydrogen-bond donors (Lipinski definition) is 0. The minimum absolute atomic E-state index is 0.103. The second-order valence-corrected chi connectivity index (χ2v) is 8.04. The quantitative estimate of drug-likeness (QED) is 0.767. The number of amides is 1. The maximum Gasteiger partial charge on any atom is 0.416 e. The molecule has 1 saturated heterocycles. The second kappa shape index (κ2) is 7.48. The molecule has 2 aromatic rings. The summed E-state index contributed by atoms with van der Waals surface area (Å²) in [6.45, 7) is 2.54. The van der Waals surface area contributed by atoms with Gasteiger partial charge in [-0.25, -0.2) is 0 Å². The first kappa shape index (κ1) is 19.9. The number of rotatable bonds is 2. The second-order valence-electron chi connectivity index (χ2n) is 8.04. The van der Waals surface area contributed by atoms with E-state index in [0.29, 0.717) is 37.2 Å². The summed E-state index contributed by atoms with van der Waals surface area (Å²) in [6.07, 6.45) is -2.52. The first-order valence-electron chi connectivity index (χ1n) is 9.94. The van der Waals surface area contributed by atoms with Gasteiger partial charge in [-0.2, -0.15) is 18.3 Å². The Morgan fingerprint density at radius 3 is 2.48 bits per heavy atom. The molecule has 0 N–H and O–H groups in total. The molecule has 1 fully saturated rings. The fourth-order valence-corrected chi connectivity index (χ4v) is 4.53. The van der Waals surface area contributed by atoms with Gasteiger partial charge in [0.15, 0.2) is 5.69 Å². The smallest absolute Gasteiger partial charge is 0.337 e. The van der Waals surface area contributed by atoms with Crippen LogP contribution in [0.25, 0.3) is 0 Å². The van der Waals surface area contributed by atoms with Gasteiger partial charge in [0.05, 0.1) is 11.3 Å². The van der Waals surface area contributed by atoms with Crippen molar-refractivity contribution in [3.63, 3.8) is 0 Å². The van der Waals surface area contributed by atoms with Crippen molar-refractivity contribution in [2.75, 3.05) is 26.7 Å². The van der Waals surface area contributed by atoms with Crippen LogP contribution in [0.4, 0.5) is 13.2 Å². The molecule has 29 heavy (non-hydrogen) atoms. The molecule has 4 rings (SSSR count). The molecule has 0 atom stereocenters. The molecule has 2 aliphatic rings. The molecule has 1 aromatic carbocycles. The number of carbonyl (C=O) groups excluding carboxylic acids is 1. The zero-order chi connectivity index (χ0) is 20.8. The van der Waals surface area contributed by atoms with Gasteiger partial charge in [0, 0.05) is 38.8 Å². The van der Waals surface area contributed by atoms with Crippen molar-refractivity contribution in [3.8, 4) is 0 Å². The van der Waals surface area contributed by atoms with E-state index in [1.165, 1.54) is 6.07 Å². The summed E-state index contributed by atoms with van der Waals surface area (Å²) < 4.78 is 41.8. The molecule has 3 heterocycles. The van der Waals surface area contributed by atoms with Gasteiger partial charge in [-0.3, -0.25) is 9.48 Å². The summed E-state index contributed by atoms with van der Waals surface area (Å²) in [7, 11) is 3.90. The zero-order valence-electron chi connectivity index (χ0n) is 16.7. The number of likely N-dealkylation sites (tertiary alicyclic amines) is 1. The molecule has 2 aliphatic heterocycles. The molecule has 1 aromatic heterocycles. The molecule has 156 valence electrons. The summed E-state index contributed by atoms with van der Waals surface area (Å²) in [4.78, 5) is 17.0. The molecule has 0 spiro atoms. The molecule has 0 bridgehead atoms. The Labute approximate surface area is 168 Å². The molecule has 0 unspecified atom stereocenters. The van der Waals surface area contributed by atoms with Crippen LogP contribution in [0.5, 0.6) is 0 Å². The van der Waals surface area contributed by atoms with Crippen molar-refractivity contribution in [1.82, 2.24) is 19.6 Å². The number of fused-ring (bicyclic) bond motifs is 1. The summed E-state index contributed by atoms with van der Waals surface area (Å²) in [5.74, 6) is -0.294. The largest absolute Gasteiger partial charge is 0.416 e. The number of alkyl halides is 3. The first-order chi connectivity index (χ1) is 13.8. The number of carbonyl (C=O) groups is 1. The third-order valence-corrected chi connectivity index (χ3v) is 6.13. The number of piperidine rings is 1. The monoisotopic (exact) mass is 406 g/mol. The number of likely N-dealkylation sites (N-methyl/N-ethyl adjacent to an activating group) is 1. The van der Waals surface area contributed by atoms with Crippen molar-refractivity contribution < 1.29 is 18.0 Å². The van der Waals surface area contributed by atoms with Gasteiger partial charge in [0.2, 0.25) is 0 Å². The number of halogens is 3. The molecule has 0 saturated carbocycles. The van der Waals surface area contributed by atoms with E-state index in [9.17, 15) is 18.0 Å². The maximum absolute atomic E-state index is 13.3. The third-order valence-electron chi connectivity index (χ3n) is 6.13. The number of aryl methyl sites for hydroxylation is 1. The van der Waals surface area contributed by atoms with Gasteiger partial charge in [0.1, 0.15) is 0 Å². The van der Waals surface area contributed by atoms with E-state index in [4.69, 9.17) is 0 Å².